The molecule has 108 valence electrons. The first kappa shape index (κ1) is 14.3. The Labute approximate surface area is 117 Å². The molecular formula is C14H18N2O4. The third-order valence-electron chi connectivity index (χ3n) is 3.46. The lowest BCUT2D eigenvalue weighted by Crippen LogP contribution is -2.52. The molecule has 1 N–H and O–H groups in total. The van der Waals surface area contributed by atoms with Crippen LogP contribution in [0.1, 0.15) is 12.7 Å². The summed E-state index contributed by atoms with van der Waals surface area (Å²) >= 11 is 0. The molecule has 20 heavy (non-hydrogen) atoms. The van der Waals surface area contributed by atoms with Gasteiger partial charge in [-0.05, 0) is 25.1 Å². The summed E-state index contributed by atoms with van der Waals surface area (Å²) in [6.07, 6.45) is 4.67. The number of aliphatic carboxylic acids is 1. The van der Waals surface area contributed by atoms with Crippen LogP contribution in [0.3, 0.4) is 0 Å². The summed E-state index contributed by atoms with van der Waals surface area (Å²) in [5, 5.41) is 8.96. The fraction of sp³-hybridized carbons (Fsp3) is 0.429. The minimum absolute atomic E-state index is 0.0796. The zero-order valence-electron chi connectivity index (χ0n) is 11.4. The van der Waals surface area contributed by atoms with Crippen molar-refractivity contribution in [2.45, 2.75) is 13.0 Å². The Hall–Kier alpha value is -2.08. The van der Waals surface area contributed by atoms with E-state index in [1.54, 1.807) is 36.3 Å². The van der Waals surface area contributed by atoms with Crippen molar-refractivity contribution < 1.29 is 19.1 Å². The van der Waals surface area contributed by atoms with Gasteiger partial charge in [-0.1, -0.05) is 0 Å². The van der Waals surface area contributed by atoms with Gasteiger partial charge in [0.05, 0.1) is 6.26 Å². The molecule has 1 amide bonds. The van der Waals surface area contributed by atoms with Crippen molar-refractivity contribution in [1.82, 2.24) is 9.80 Å². The molecule has 0 saturated carbocycles. The van der Waals surface area contributed by atoms with Crippen LogP contribution in [0.15, 0.2) is 28.9 Å². The minimum atomic E-state index is -0.831. The largest absolute Gasteiger partial charge is 0.480 e. The van der Waals surface area contributed by atoms with Gasteiger partial charge < -0.3 is 14.4 Å². The molecule has 1 fully saturated rings. The van der Waals surface area contributed by atoms with E-state index < -0.39 is 12.0 Å². The van der Waals surface area contributed by atoms with Crippen LogP contribution in [0.2, 0.25) is 0 Å². The second-order valence-corrected chi connectivity index (χ2v) is 4.72. The van der Waals surface area contributed by atoms with Crippen molar-refractivity contribution in [2.24, 2.45) is 0 Å². The van der Waals surface area contributed by atoms with E-state index in [0.717, 1.165) is 0 Å². The average Bonchev–Trinajstić information content (AvgIpc) is 2.97. The van der Waals surface area contributed by atoms with Crippen LogP contribution in [0.25, 0.3) is 6.08 Å². The number of furan rings is 1. The molecule has 0 spiro atoms. The Kier molecular flexibility index (Phi) is 4.57. The predicted octanol–water partition coefficient (Wildman–Crippen LogP) is 0.910. The second kappa shape index (κ2) is 6.38. The number of nitrogens with zero attached hydrogens (tertiary/aromatic N) is 2. The van der Waals surface area contributed by atoms with Gasteiger partial charge in [0.2, 0.25) is 5.91 Å². The lowest BCUT2D eigenvalue weighted by molar-refractivity contribution is -0.143. The van der Waals surface area contributed by atoms with E-state index in [4.69, 9.17) is 9.52 Å². The van der Waals surface area contributed by atoms with Gasteiger partial charge in [-0.25, -0.2) is 0 Å². The van der Waals surface area contributed by atoms with Gasteiger partial charge in [0.25, 0.3) is 0 Å². The highest BCUT2D eigenvalue weighted by atomic mass is 16.4. The lowest BCUT2D eigenvalue weighted by Gasteiger charge is -2.36. The zero-order chi connectivity index (χ0) is 14.5. The van der Waals surface area contributed by atoms with Gasteiger partial charge in [-0.2, -0.15) is 0 Å². The minimum Gasteiger partial charge on any atom is -0.480 e. The number of carbonyl (C=O) groups is 2. The Balaban J connectivity index is 1.84. The molecule has 0 aromatic carbocycles. The molecule has 2 rings (SSSR count). The van der Waals surface area contributed by atoms with Gasteiger partial charge in [-0.15, -0.1) is 0 Å². The number of rotatable bonds is 4. The van der Waals surface area contributed by atoms with Crippen LogP contribution in [0.5, 0.6) is 0 Å². The van der Waals surface area contributed by atoms with E-state index in [2.05, 4.69) is 0 Å². The van der Waals surface area contributed by atoms with Crippen molar-refractivity contribution in [1.29, 1.82) is 0 Å². The molecule has 1 aromatic rings. The van der Waals surface area contributed by atoms with Crippen molar-refractivity contribution in [2.75, 3.05) is 26.2 Å². The molecule has 0 bridgehead atoms. The van der Waals surface area contributed by atoms with Crippen molar-refractivity contribution in [3.8, 4) is 0 Å². The molecule has 2 heterocycles. The maximum Gasteiger partial charge on any atom is 0.320 e. The number of carboxylic acids is 1. The van der Waals surface area contributed by atoms with Crippen LogP contribution in [-0.2, 0) is 9.59 Å². The normalized spacial score (nSPS) is 18.4. The first-order valence-electron chi connectivity index (χ1n) is 6.55. The van der Waals surface area contributed by atoms with E-state index in [9.17, 15) is 9.59 Å². The Morgan fingerprint density at radius 3 is 2.60 bits per heavy atom. The van der Waals surface area contributed by atoms with Crippen molar-refractivity contribution in [3.63, 3.8) is 0 Å². The average molecular weight is 278 g/mol. The summed E-state index contributed by atoms with van der Waals surface area (Å²) in [4.78, 5) is 26.4. The third-order valence-corrected chi connectivity index (χ3v) is 3.46. The highest BCUT2D eigenvalue weighted by Crippen LogP contribution is 2.08. The maximum atomic E-state index is 12.0. The first-order chi connectivity index (χ1) is 9.58. The van der Waals surface area contributed by atoms with Crippen LogP contribution < -0.4 is 0 Å². The summed E-state index contributed by atoms with van der Waals surface area (Å²) in [7, 11) is 0. The number of hydrogen-bond acceptors (Lipinski definition) is 4. The molecule has 0 aliphatic carbocycles. The van der Waals surface area contributed by atoms with E-state index in [-0.39, 0.29) is 5.91 Å². The second-order valence-electron chi connectivity index (χ2n) is 4.72. The topological polar surface area (TPSA) is 74.0 Å². The number of amides is 1. The van der Waals surface area contributed by atoms with E-state index in [1.165, 1.54) is 6.08 Å². The fourth-order valence-electron chi connectivity index (χ4n) is 2.13. The highest BCUT2D eigenvalue weighted by Gasteiger charge is 2.26. The molecule has 1 aliphatic heterocycles. The molecule has 6 heteroatoms. The van der Waals surface area contributed by atoms with Gasteiger partial charge in [-0.3, -0.25) is 14.5 Å². The molecule has 1 aromatic heterocycles. The molecule has 1 saturated heterocycles. The highest BCUT2D eigenvalue weighted by molar-refractivity contribution is 5.91. The number of carbonyl (C=O) groups excluding carboxylic acids is 1. The van der Waals surface area contributed by atoms with Gasteiger partial charge in [0.15, 0.2) is 0 Å². The summed E-state index contributed by atoms with van der Waals surface area (Å²) in [6.45, 7) is 3.90. The molecule has 0 radical (unpaired) electrons. The molecule has 6 nitrogen and oxygen atoms in total. The summed E-state index contributed by atoms with van der Waals surface area (Å²) in [6, 6.07) is 3.03. The number of carboxylic acid groups (broad SMARTS) is 1. The monoisotopic (exact) mass is 278 g/mol. The third kappa shape index (κ3) is 3.48. The van der Waals surface area contributed by atoms with Crippen LogP contribution in [0.4, 0.5) is 0 Å². The standard InChI is InChI=1S/C14H18N2O4/c1-11(14(18)19)15-6-8-16(9-7-15)13(17)5-4-12-3-2-10-20-12/h2-5,10-11H,6-9H2,1H3,(H,18,19). The van der Waals surface area contributed by atoms with Gasteiger partial charge in [0, 0.05) is 32.3 Å². The van der Waals surface area contributed by atoms with E-state index >= 15 is 0 Å². The number of hydrogen-bond donors (Lipinski definition) is 1. The zero-order valence-corrected chi connectivity index (χ0v) is 11.4. The smallest absolute Gasteiger partial charge is 0.320 e. The molecular weight excluding hydrogens is 260 g/mol. The van der Waals surface area contributed by atoms with Crippen molar-refractivity contribution in [3.05, 3.63) is 30.2 Å². The Morgan fingerprint density at radius 1 is 1.35 bits per heavy atom. The molecule has 1 unspecified atom stereocenters. The van der Waals surface area contributed by atoms with Crippen LogP contribution in [0, 0.1) is 0 Å². The Morgan fingerprint density at radius 2 is 2.05 bits per heavy atom. The summed E-state index contributed by atoms with van der Waals surface area (Å²) < 4.78 is 5.12. The Bertz CT molecular complexity index is 487. The summed E-state index contributed by atoms with van der Waals surface area (Å²) in [5.41, 5.74) is 0. The molecule has 1 atom stereocenters. The lowest BCUT2D eigenvalue weighted by atomic mass is 10.2. The quantitative estimate of drug-likeness (QED) is 0.829. The predicted molar refractivity (Wildman–Crippen MR) is 73.0 cm³/mol. The van der Waals surface area contributed by atoms with Crippen molar-refractivity contribution >= 4 is 18.0 Å². The maximum absolute atomic E-state index is 12.0. The van der Waals surface area contributed by atoms with Crippen LogP contribution >= 0.6 is 0 Å². The summed E-state index contributed by atoms with van der Waals surface area (Å²) in [5.74, 6) is -0.275. The first-order valence-corrected chi connectivity index (χ1v) is 6.55. The van der Waals surface area contributed by atoms with Gasteiger partial charge >= 0.3 is 5.97 Å². The number of piperazine rings is 1. The van der Waals surface area contributed by atoms with E-state index in [1.807, 2.05) is 4.90 Å². The van der Waals surface area contributed by atoms with Crippen LogP contribution in [-0.4, -0.2) is 59.0 Å². The molecule has 1 aliphatic rings. The van der Waals surface area contributed by atoms with E-state index in [0.29, 0.717) is 31.9 Å². The van der Waals surface area contributed by atoms with Gasteiger partial charge in [0.1, 0.15) is 11.8 Å². The fourth-order valence-corrected chi connectivity index (χ4v) is 2.13. The SMILES string of the molecule is CC(C(=O)O)N1CCN(C(=O)C=Cc2ccco2)CC1.